The molecule has 7 heteroatoms. The zero-order chi connectivity index (χ0) is 16.0. The van der Waals surface area contributed by atoms with Crippen LogP contribution in [0.25, 0.3) is 21.9 Å². The van der Waals surface area contributed by atoms with E-state index in [2.05, 4.69) is 25.6 Å². The number of hydrogen-bond acceptors (Lipinski definition) is 4. The van der Waals surface area contributed by atoms with Crippen molar-refractivity contribution >= 4 is 33.5 Å². The maximum atomic E-state index is 12.4. The average molecular weight is 306 g/mol. The Labute approximate surface area is 131 Å². The van der Waals surface area contributed by atoms with Crippen LogP contribution in [0.5, 0.6) is 0 Å². The minimum absolute atomic E-state index is 0.203. The highest BCUT2D eigenvalue weighted by Crippen LogP contribution is 2.19. The summed E-state index contributed by atoms with van der Waals surface area (Å²) in [6.45, 7) is 1.90. The first kappa shape index (κ1) is 13.4. The number of hydrogen-bond donors (Lipinski definition) is 2. The second kappa shape index (κ2) is 4.91. The molecule has 0 saturated carbocycles. The molecule has 3 heterocycles. The van der Waals surface area contributed by atoms with Gasteiger partial charge in [0, 0.05) is 29.7 Å². The Kier molecular flexibility index (Phi) is 2.87. The van der Waals surface area contributed by atoms with E-state index < -0.39 is 0 Å². The Morgan fingerprint density at radius 3 is 3.00 bits per heavy atom. The van der Waals surface area contributed by atoms with Gasteiger partial charge in [0.15, 0.2) is 5.65 Å². The summed E-state index contributed by atoms with van der Waals surface area (Å²) in [6, 6.07) is 7.40. The summed E-state index contributed by atoms with van der Waals surface area (Å²) in [7, 11) is 1.84. The first-order valence-electron chi connectivity index (χ1n) is 7.15. The summed E-state index contributed by atoms with van der Waals surface area (Å²) in [5, 5.41) is 15.9. The van der Waals surface area contributed by atoms with Gasteiger partial charge in [0.25, 0.3) is 5.91 Å². The zero-order valence-corrected chi connectivity index (χ0v) is 12.7. The molecule has 114 valence electrons. The number of rotatable bonds is 2. The van der Waals surface area contributed by atoms with Crippen molar-refractivity contribution in [2.24, 2.45) is 7.05 Å². The van der Waals surface area contributed by atoms with E-state index in [0.717, 1.165) is 27.6 Å². The SMILES string of the molecule is Cc1nn(C)c2ncc(C(=O)Nc3ccc4[nH]ncc4c3)cc12. The van der Waals surface area contributed by atoms with E-state index in [1.165, 1.54) is 0 Å². The van der Waals surface area contributed by atoms with E-state index in [0.29, 0.717) is 11.3 Å². The van der Waals surface area contributed by atoms with Crippen molar-refractivity contribution < 1.29 is 4.79 Å². The summed E-state index contributed by atoms with van der Waals surface area (Å²) in [4.78, 5) is 16.8. The van der Waals surface area contributed by atoms with E-state index in [4.69, 9.17) is 0 Å². The number of aromatic nitrogens is 5. The second-order valence-electron chi connectivity index (χ2n) is 5.43. The van der Waals surface area contributed by atoms with Crippen LogP contribution in [0.15, 0.2) is 36.7 Å². The lowest BCUT2D eigenvalue weighted by molar-refractivity contribution is 0.102. The Hall–Kier alpha value is -3.22. The molecular formula is C16H14N6O. The maximum absolute atomic E-state index is 12.4. The fourth-order valence-corrected chi connectivity index (χ4v) is 2.66. The van der Waals surface area contributed by atoms with E-state index in [1.807, 2.05) is 38.2 Å². The summed E-state index contributed by atoms with van der Waals surface area (Å²) < 4.78 is 1.71. The Balaban J connectivity index is 1.66. The van der Waals surface area contributed by atoms with Crippen molar-refractivity contribution in [3.8, 4) is 0 Å². The van der Waals surface area contributed by atoms with Gasteiger partial charge in [-0.25, -0.2) is 4.98 Å². The first-order valence-corrected chi connectivity index (χ1v) is 7.15. The second-order valence-corrected chi connectivity index (χ2v) is 5.43. The van der Waals surface area contributed by atoms with Gasteiger partial charge in [-0.3, -0.25) is 14.6 Å². The molecule has 0 bridgehead atoms. The topological polar surface area (TPSA) is 88.5 Å². The quantitative estimate of drug-likeness (QED) is 0.595. The Bertz CT molecular complexity index is 1050. The summed E-state index contributed by atoms with van der Waals surface area (Å²) in [5.74, 6) is -0.203. The minimum atomic E-state index is -0.203. The Morgan fingerprint density at radius 2 is 2.13 bits per heavy atom. The number of pyridine rings is 1. The van der Waals surface area contributed by atoms with Gasteiger partial charge in [0.2, 0.25) is 0 Å². The highest BCUT2D eigenvalue weighted by molar-refractivity contribution is 6.06. The molecule has 0 unspecified atom stereocenters. The molecule has 0 atom stereocenters. The standard InChI is InChI=1S/C16H14N6O/c1-9-13-6-11(7-17-15(13)22(2)21-9)16(23)19-12-3-4-14-10(5-12)8-18-20-14/h3-8H,1-2H3,(H,18,20)(H,19,23). The van der Waals surface area contributed by atoms with Gasteiger partial charge in [-0.05, 0) is 31.2 Å². The minimum Gasteiger partial charge on any atom is -0.322 e. The lowest BCUT2D eigenvalue weighted by atomic mass is 10.2. The van der Waals surface area contributed by atoms with Crippen molar-refractivity contribution in [2.45, 2.75) is 6.92 Å². The molecule has 4 rings (SSSR count). The van der Waals surface area contributed by atoms with Crippen molar-refractivity contribution in [1.29, 1.82) is 0 Å². The highest BCUT2D eigenvalue weighted by Gasteiger charge is 2.12. The largest absolute Gasteiger partial charge is 0.322 e. The number of carbonyl (C=O) groups is 1. The molecule has 0 aliphatic heterocycles. The smallest absolute Gasteiger partial charge is 0.257 e. The number of nitrogens with zero attached hydrogens (tertiary/aromatic N) is 4. The van der Waals surface area contributed by atoms with Crippen LogP contribution in [0.2, 0.25) is 0 Å². The monoisotopic (exact) mass is 306 g/mol. The normalized spacial score (nSPS) is 11.2. The maximum Gasteiger partial charge on any atom is 0.257 e. The van der Waals surface area contributed by atoms with Gasteiger partial charge in [0.1, 0.15) is 0 Å². The molecule has 1 aromatic carbocycles. The van der Waals surface area contributed by atoms with Crippen molar-refractivity contribution in [1.82, 2.24) is 25.0 Å². The molecule has 0 aliphatic carbocycles. The molecule has 0 radical (unpaired) electrons. The summed E-state index contributed by atoms with van der Waals surface area (Å²) >= 11 is 0. The number of H-pyrrole nitrogens is 1. The van der Waals surface area contributed by atoms with E-state index in [9.17, 15) is 4.79 Å². The summed E-state index contributed by atoms with van der Waals surface area (Å²) in [5.41, 5.74) is 3.76. The molecule has 4 aromatic rings. The average Bonchev–Trinajstić information content (AvgIpc) is 3.11. The molecule has 0 aliphatic rings. The molecule has 3 aromatic heterocycles. The third-order valence-electron chi connectivity index (χ3n) is 3.82. The fourth-order valence-electron chi connectivity index (χ4n) is 2.66. The van der Waals surface area contributed by atoms with Crippen LogP contribution in [-0.4, -0.2) is 30.9 Å². The number of benzene rings is 1. The van der Waals surface area contributed by atoms with Gasteiger partial charge < -0.3 is 5.32 Å². The Morgan fingerprint density at radius 1 is 1.26 bits per heavy atom. The number of nitrogens with one attached hydrogen (secondary N) is 2. The number of aryl methyl sites for hydroxylation is 2. The highest BCUT2D eigenvalue weighted by atomic mass is 16.1. The van der Waals surface area contributed by atoms with Crippen LogP contribution in [0, 0.1) is 6.92 Å². The van der Waals surface area contributed by atoms with Crippen molar-refractivity contribution in [3.63, 3.8) is 0 Å². The number of aromatic amines is 1. The lowest BCUT2D eigenvalue weighted by Crippen LogP contribution is -2.12. The van der Waals surface area contributed by atoms with Gasteiger partial charge in [-0.1, -0.05) is 0 Å². The van der Waals surface area contributed by atoms with Crippen LogP contribution >= 0.6 is 0 Å². The van der Waals surface area contributed by atoms with E-state index >= 15 is 0 Å². The summed E-state index contributed by atoms with van der Waals surface area (Å²) in [6.07, 6.45) is 3.28. The fraction of sp³-hybridized carbons (Fsp3) is 0.125. The van der Waals surface area contributed by atoms with E-state index in [-0.39, 0.29) is 5.91 Å². The third-order valence-corrected chi connectivity index (χ3v) is 3.82. The van der Waals surface area contributed by atoms with E-state index in [1.54, 1.807) is 17.1 Å². The van der Waals surface area contributed by atoms with Gasteiger partial charge >= 0.3 is 0 Å². The van der Waals surface area contributed by atoms with Crippen molar-refractivity contribution in [3.05, 3.63) is 47.9 Å². The predicted octanol–water partition coefficient (Wildman–Crippen LogP) is 2.41. The molecule has 0 fully saturated rings. The van der Waals surface area contributed by atoms with Crippen LogP contribution in [0.3, 0.4) is 0 Å². The first-order chi connectivity index (χ1) is 11.1. The van der Waals surface area contributed by atoms with Crippen LogP contribution < -0.4 is 5.32 Å². The molecule has 0 saturated heterocycles. The third kappa shape index (κ3) is 2.22. The molecule has 2 N–H and O–H groups in total. The molecule has 7 nitrogen and oxygen atoms in total. The lowest BCUT2D eigenvalue weighted by Gasteiger charge is -2.05. The van der Waals surface area contributed by atoms with Gasteiger partial charge in [0.05, 0.1) is 23.0 Å². The van der Waals surface area contributed by atoms with Crippen LogP contribution in [-0.2, 0) is 7.05 Å². The molecular weight excluding hydrogens is 292 g/mol. The van der Waals surface area contributed by atoms with Crippen LogP contribution in [0.1, 0.15) is 16.1 Å². The van der Waals surface area contributed by atoms with Crippen molar-refractivity contribution in [2.75, 3.05) is 5.32 Å². The number of fused-ring (bicyclic) bond motifs is 2. The number of anilines is 1. The van der Waals surface area contributed by atoms with Gasteiger partial charge in [-0.2, -0.15) is 10.2 Å². The molecule has 1 amide bonds. The zero-order valence-electron chi connectivity index (χ0n) is 12.7. The number of carbonyl (C=O) groups excluding carboxylic acids is 1. The van der Waals surface area contributed by atoms with Gasteiger partial charge in [-0.15, -0.1) is 0 Å². The van der Waals surface area contributed by atoms with Crippen LogP contribution in [0.4, 0.5) is 5.69 Å². The predicted molar refractivity (Wildman–Crippen MR) is 87.3 cm³/mol. The molecule has 23 heavy (non-hydrogen) atoms. The molecule has 0 spiro atoms. The number of amides is 1.